The number of piperidine rings is 1. The molecular formula is C41H40F5N3O3S. The Morgan fingerprint density at radius 2 is 1.77 bits per heavy atom. The predicted octanol–water partition coefficient (Wildman–Crippen LogP) is 8.71. The lowest BCUT2D eigenvalue weighted by Crippen LogP contribution is -2.48. The van der Waals surface area contributed by atoms with Gasteiger partial charge in [-0.2, -0.15) is 13.2 Å². The topological polar surface area (TPSA) is 54.8 Å². The molecular weight excluding hydrogens is 710 g/mol. The number of hydrogen-bond donors (Lipinski definition) is 0. The fourth-order valence-corrected chi connectivity index (χ4v) is 4.81. The lowest BCUT2D eigenvalue weighted by molar-refractivity contribution is -0.138. The van der Waals surface area contributed by atoms with Crippen molar-refractivity contribution in [3.63, 3.8) is 0 Å². The van der Waals surface area contributed by atoms with Crippen LogP contribution < -0.4 is 5.43 Å². The number of halogens is 5. The quantitative estimate of drug-likeness (QED) is 0.0937. The van der Waals surface area contributed by atoms with E-state index in [0.717, 1.165) is 0 Å². The molecule has 5 aromatic rings. The van der Waals surface area contributed by atoms with Gasteiger partial charge in [0, 0.05) is 78.2 Å². The first-order valence-corrected chi connectivity index (χ1v) is 14.9. The summed E-state index contributed by atoms with van der Waals surface area (Å²) in [4.78, 5) is 27.8. The van der Waals surface area contributed by atoms with Crippen molar-refractivity contribution >= 4 is 28.6 Å². The molecule has 0 bridgehead atoms. The van der Waals surface area contributed by atoms with Crippen molar-refractivity contribution < 1.29 is 79.5 Å². The first-order chi connectivity index (χ1) is 39.2. The third kappa shape index (κ3) is 9.00. The number of rotatable bonds is 12. The van der Waals surface area contributed by atoms with Gasteiger partial charge in [-0.05, 0) is 66.1 Å². The first-order valence-electron chi connectivity index (χ1n) is 31.6. The number of hydrogen-bond acceptors (Lipinski definition) is 5. The average Bonchev–Trinajstić information content (AvgIpc) is 0.751. The van der Waals surface area contributed by atoms with Crippen LogP contribution in [0.5, 0.6) is 0 Å². The molecule has 6 nitrogen and oxygen atoms in total. The molecule has 0 aliphatic carbocycles. The molecule has 1 aromatic heterocycles. The fourth-order valence-electron chi connectivity index (χ4n) is 4.10. The number of carbonyl (C=O) groups is 1. The predicted molar refractivity (Wildman–Crippen MR) is 198 cm³/mol. The van der Waals surface area contributed by atoms with Crippen LogP contribution in [0.15, 0.2) is 100 Å². The number of nitrogens with zero attached hydrogens (tertiary/aromatic N) is 3. The standard InChI is InChI=1S/C41H40F5N3O3S/c1-27-22-30(14-15-34(27)41(44,45)46)29-12-10-28(11-13-29)24-48(32-16-18-47(19-17-32)20-21-52-2)38(51)25-49-36-9-4-3-7-33(36)37(50)23-39(49)53-26-31-6-5-8-35(42)40(31)43/h3-15,22-23,32H,16-21,24-26H2,1-2H3/i2D3,3D,4D,5D,6D,7D,8D,9D,10D,11D,12D,13D,14D,15D,16D2,17D2,18D2,19D2,20D2,22D,23D,24D2,25D2,26D2,32D. The number of alkyl halides is 3. The Morgan fingerprint density at radius 1 is 1.04 bits per heavy atom. The van der Waals surface area contributed by atoms with Gasteiger partial charge in [-0.3, -0.25) is 9.59 Å². The van der Waals surface area contributed by atoms with E-state index < -0.39 is 266 Å². The molecule has 0 saturated carbocycles. The highest BCUT2D eigenvalue weighted by Crippen LogP contribution is 2.34. The van der Waals surface area contributed by atoms with Crippen LogP contribution in [-0.2, 0) is 34.4 Å². The van der Waals surface area contributed by atoms with Gasteiger partial charge in [0.05, 0.1) is 54.2 Å². The molecule has 0 radical (unpaired) electrons. The van der Waals surface area contributed by atoms with Crippen molar-refractivity contribution in [3.8, 4) is 11.1 Å². The second-order valence-electron chi connectivity index (χ2n) is 9.87. The van der Waals surface area contributed by atoms with Crippen LogP contribution in [0.2, 0.25) is 0 Å². The van der Waals surface area contributed by atoms with Gasteiger partial charge in [0.15, 0.2) is 17.1 Å². The highest BCUT2D eigenvalue weighted by atomic mass is 32.2. The van der Waals surface area contributed by atoms with Gasteiger partial charge in [-0.1, -0.05) is 60.4 Å². The van der Waals surface area contributed by atoms with Crippen LogP contribution in [0.4, 0.5) is 22.0 Å². The molecule has 1 aliphatic rings. The maximum atomic E-state index is 16.2. The Bertz CT molecular complexity index is 3760. The number of aromatic nitrogens is 1. The van der Waals surface area contributed by atoms with Gasteiger partial charge in [-0.15, -0.1) is 11.8 Å². The number of likely N-dealkylation sites (tertiary alicyclic amines) is 1. The molecule has 0 spiro atoms. The number of benzene rings is 4. The van der Waals surface area contributed by atoms with Crippen molar-refractivity contribution in [2.24, 2.45) is 0 Å². The minimum atomic E-state index is -5.54. The van der Waals surface area contributed by atoms with Crippen molar-refractivity contribution in [2.75, 3.05) is 33.1 Å². The minimum absolute atomic E-state index is 0.573. The highest BCUT2D eigenvalue weighted by molar-refractivity contribution is 7.98. The minimum Gasteiger partial charge on any atom is -0.383 e. The molecule has 12 heteroatoms. The summed E-state index contributed by atoms with van der Waals surface area (Å²) in [7, 11) is -3.68. The molecule has 2 heterocycles. The molecule has 4 aromatic carbocycles. The molecule has 0 N–H and O–H groups in total. The summed E-state index contributed by atoms with van der Waals surface area (Å²) in [5, 5.41) is -3.56. The smallest absolute Gasteiger partial charge is 0.383 e. The number of methoxy groups -OCH3 is 1. The molecule has 278 valence electrons. The zero-order valence-corrected chi connectivity index (χ0v) is 26.9. The Balaban J connectivity index is 1.89. The molecule has 0 atom stereocenters. The molecule has 0 unspecified atom stereocenters. The van der Waals surface area contributed by atoms with E-state index in [-0.39, 0.29) is 0 Å². The third-order valence-electron chi connectivity index (χ3n) is 6.45. The summed E-state index contributed by atoms with van der Waals surface area (Å²) >= 11 is -0.976. The lowest BCUT2D eigenvalue weighted by Gasteiger charge is -2.39. The van der Waals surface area contributed by atoms with Gasteiger partial charge in [0.1, 0.15) is 6.50 Å². The maximum absolute atomic E-state index is 16.2. The average molecular weight is 785 g/mol. The summed E-state index contributed by atoms with van der Waals surface area (Å²) < 4.78 is 384. The van der Waals surface area contributed by atoms with Gasteiger partial charge >= 0.3 is 6.18 Å². The highest BCUT2D eigenvalue weighted by Gasteiger charge is 2.32. The van der Waals surface area contributed by atoms with Crippen LogP contribution in [-0.4, -0.2) is 59.4 Å². The number of fused-ring (bicyclic) bond motifs is 1. The van der Waals surface area contributed by atoms with Gasteiger partial charge < -0.3 is 19.1 Å². The monoisotopic (exact) mass is 784 g/mol. The number of carbonyl (C=O) groups excluding carboxylic acids is 1. The van der Waals surface area contributed by atoms with E-state index in [1.54, 1.807) is 0 Å². The zero-order valence-electron chi connectivity index (χ0n) is 61.1. The molecule has 6 rings (SSSR count). The normalized spacial score (nSPS) is 29.4. The van der Waals surface area contributed by atoms with Crippen LogP contribution in [0.1, 0.15) is 83.0 Å². The number of para-hydroxylation sites is 1. The van der Waals surface area contributed by atoms with Gasteiger partial charge in [-0.25, -0.2) is 8.78 Å². The zero-order chi connectivity index (χ0) is 68.5. The van der Waals surface area contributed by atoms with Crippen molar-refractivity contribution in [1.82, 2.24) is 14.4 Å². The summed E-state index contributed by atoms with van der Waals surface area (Å²) in [6.07, 6.45) is -16.0. The Kier molecular flexibility index (Phi) is 4.39. The summed E-state index contributed by atoms with van der Waals surface area (Å²) in [5.41, 5.74) is -18.0. The Labute approximate surface area is 358 Å². The van der Waals surface area contributed by atoms with Gasteiger partial charge in [0.2, 0.25) is 5.91 Å². The Hall–Kier alpha value is -4.52. The van der Waals surface area contributed by atoms with Crippen molar-refractivity contribution in [2.45, 2.75) is 55.6 Å². The van der Waals surface area contributed by atoms with E-state index in [1.165, 1.54) is 0 Å². The van der Waals surface area contributed by atoms with Crippen molar-refractivity contribution in [3.05, 3.63) is 135 Å². The Morgan fingerprint density at radius 3 is 2.51 bits per heavy atom. The second-order valence-corrected chi connectivity index (χ2v) is 10.7. The van der Waals surface area contributed by atoms with E-state index in [9.17, 15) is 30.3 Å². The second kappa shape index (κ2) is 16.7. The first kappa shape index (κ1) is 14.0. The van der Waals surface area contributed by atoms with Crippen LogP contribution in [0.25, 0.3) is 22.0 Å². The number of amides is 1. The lowest BCUT2D eigenvalue weighted by atomic mass is 9.98. The number of ether oxygens (including phenoxy) is 1. The molecule has 1 aliphatic heterocycles. The summed E-state index contributed by atoms with van der Waals surface area (Å²) in [6, 6.07) is -31.3. The van der Waals surface area contributed by atoms with E-state index in [4.69, 9.17) is 35.6 Å². The summed E-state index contributed by atoms with van der Waals surface area (Å²) in [5.74, 6) is -8.17. The van der Waals surface area contributed by atoms with Crippen LogP contribution in [0, 0.1) is 18.6 Å². The van der Waals surface area contributed by atoms with E-state index in [2.05, 4.69) is 4.74 Å². The summed E-state index contributed by atoms with van der Waals surface area (Å²) in [6.45, 7) is -26.0. The van der Waals surface area contributed by atoms with Crippen molar-refractivity contribution in [1.29, 1.82) is 0 Å². The maximum Gasteiger partial charge on any atom is 0.416 e. The fraction of sp³-hybridized carbons (Fsp3) is 0.317. The largest absolute Gasteiger partial charge is 0.416 e. The van der Waals surface area contributed by atoms with E-state index in [0.29, 0.717) is 6.92 Å². The number of thioether (sulfide) groups is 1. The molecule has 1 fully saturated rings. The molecule has 1 saturated heterocycles. The number of pyridine rings is 1. The van der Waals surface area contributed by atoms with Gasteiger partial charge in [0.25, 0.3) is 0 Å². The van der Waals surface area contributed by atoms with Crippen LogP contribution in [0.3, 0.4) is 0 Å². The molecule has 53 heavy (non-hydrogen) atoms. The van der Waals surface area contributed by atoms with E-state index >= 15 is 13.6 Å². The van der Waals surface area contributed by atoms with E-state index in [1.807, 2.05) is 0 Å². The van der Waals surface area contributed by atoms with Crippen LogP contribution >= 0.6 is 11.8 Å². The SMILES string of the molecule is [2H]c1c([2H])c(F)c(F)c(C([2H])([2H])Sc2c([2H])c(=O)c3c([2H])c([2H])c([2H])c([2H])c3n2C([2H])([2H])C(=O)N(C([2H])([2H])c2c([2H])c([2H])c(-c3c([2H])c([2H])c(C(F)(F)F)c(C)c3[2H])c([2H])c2[2H])C2([2H])C([2H])([2H])C([2H])([2H])N(C([2H])([2H])COC([2H])([2H])[2H])C([2H])([2H])C2([2H])[2H])c1[2H]. The third-order valence-corrected chi connectivity index (χ3v) is 7.23. The molecule has 1 amide bonds.